The van der Waals surface area contributed by atoms with Gasteiger partial charge in [-0.25, -0.2) is 13.1 Å². The molecule has 106 valence electrons. The summed E-state index contributed by atoms with van der Waals surface area (Å²) >= 11 is 2.56. The maximum atomic E-state index is 12.1. The molecule has 19 heavy (non-hydrogen) atoms. The predicted molar refractivity (Wildman–Crippen MR) is 76.6 cm³/mol. The van der Waals surface area contributed by atoms with E-state index in [1.165, 1.54) is 7.05 Å². The van der Waals surface area contributed by atoms with Crippen LogP contribution in [0.4, 0.5) is 10.7 Å². The maximum Gasteiger partial charge on any atom is 0.304 e. The molecule has 1 aromatic heterocycles. The van der Waals surface area contributed by atoms with Crippen LogP contribution in [-0.4, -0.2) is 37.9 Å². The van der Waals surface area contributed by atoms with Crippen molar-refractivity contribution in [1.82, 2.24) is 4.72 Å². The largest absolute Gasteiger partial charge is 0.374 e. The van der Waals surface area contributed by atoms with Gasteiger partial charge in [0, 0.05) is 24.9 Å². The van der Waals surface area contributed by atoms with E-state index in [1.54, 1.807) is 11.8 Å². The molecule has 0 saturated carbocycles. The Balaban J connectivity index is 2.27. The van der Waals surface area contributed by atoms with E-state index in [9.17, 15) is 18.5 Å². The van der Waals surface area contributed by atoms with Crippen molar-refractivity contribution in [2.75, 3.05) is 23.9 Å². The fourth-order valence-electron chi connectivity index (χ4n) is 1.71. The van der Waals surface area contributed by atoms with Crippen LogP contribution in [-0.2, 0) is 10.0 Å². The van der Waals surface area contributed by atoms with Crippen molar-refractivity contribution in [3.8, 4) is 0 Å². The van der Waals surface area contributed by atoms with E-state index in [4.69, 9.17) is 0 Å². The third kappa shape index (κ3) is 3.19. The fraction of sp³-hybridized carbons (Fsp3) is 0.556. The van der Waals surface area contributed by atoms with Crippen LogP contribution >= 0.6 is 23.1 Å². The summed E-state index contributed by atoms with van der Waals surface area (Å²) in [6.07, 6.45) is 0.788. The van der Waals surface area contributed by atoms with Crippen molar-refractivity contribution in [3.05, 3.63) is 16.2 Å². The van der Waals surface area contributed by atoms with Gasteiger partial charge < -0.3 is 5.32 Å². The predicted octanol–water partition coefficient (Wildman–Crippen LogP) is 1.48. The Bertz CT molecular complexity index is 578. The first kappa shape index (κ1) is 14.6. The van der Waals surface area contributed by atoms with Crippen LogP contribution in [0.5, 0.6) is 0 Å². The number of sulfonamides is 1. The highest BCUT2D eigenvalue weighted by atomic mass is 32.2. The van der Waals surface area contributed by atoms with Crippen LogP contribution in [0, 0.1) is 10.1 Å². The molecule has 1 aliphatic heterocycles. The van der Waals surface area contributed by atoms with Crippen molar-refractivity contribution < 1.29 is 13.3 Å². The zero-order valence-electron chi connectivity index (χ0n) is 10.1. The molecule has 2 rings (SSSR count). The summed E-state index contributed by atoms with van der Waals surface area (Å²) < 4.78 is 26.8. The Morgan fingerprint density at radius 3 is 2.74 bits per heavy atom. The number of thioether (sulfide) groups is 1. The molecule has 1 atom stereocenters. The molecule has 1 aliphatic rings. The van der Waals surface area contributed by atoms with Gasteiger partial charge in [0.2, 0.25) is 0 Å². The molecule has 0 amide bonds. The first-order valence-electron chi connectivity index (χ1n) is 5.50. The van der Waals surface area contributed by atoms with E-state index >= 15 is 0 Å². The van der Waals surface area contributed by atoms with Gasteiger partial charge in [0.25, 0.3) is 10.0 Å². The van der Waals surface area contributed by atoms with E-state index in [0.29, 0.717) is 0 Å². The molecule has 7 nitrogen and oxygen atoms in total. The number of nitrogens with one attached hydrogen (secondary N) is 2. The Morgan fingerprint density at radius 1 is 1.53 bits per heavy atom. The van der Waals surface area contributed by atoms with Gasteiger partial charge in [0.1, 0.15) is 4.21 Å². The van der Waals surface area contributed by atoms with Crippen LogP contribution in [0.15, 0.2) is 10.3 Å². The zero-order valence-corrected chi connectivity index (χ0v) is 12.5. The summed E-state index contributed by atoms with van der Waals surface area (Å²) in [7, 11) is -2.15. The Kier molecular flexibility index (Phi) is 4.33. The SMILES string of the molecule is CNc1sc(S(=O)(=O)NC2CCSC2)cc1[N+](=O)[O-]. The molecule has 1 unspecified atom stereocenters. The van der Waals surface area contributed by atoms with Crippen molar-refractivity contribution >= 4 is 43.8 Å². The normalized spacial score (nSPS) is 19.5. The molecule has 0 aromatic carbocycles. The summed E-state index contributed by atoms with van der Waals surface area (Å²) in [6, 6.07) is 1.01. The zero-order chi connectivity index (χ0) is 14.0. The van der Waals surface area contributed by atoms with E-state index in [1.807, 2.05) is 0 Å². The van der Waals surface area contributed by atoms with Crippen LogP contribution in [0.1, 0.15) is 6.42 Å². The molecule has 10 heteroatoms. The first-order valence-corrected chi connectivity index (χ1v) is 8.95. The van der Waals surface area contributed by atoms with Crippen molar-refractivity contribution in [1.29, 1.82) is 0 Å². The standard InChI is InChI=1S/C9H13N3O4S3/c1-10-9-7(12(13)14)4-8(18-9)19(15,16)11-6-2-3-17-5-6/h4,6,10-11H,2-3,5H2,1H3. The molecular formula is C9H13N3O4S3. The van der Waals surface area contributed by atoms with E-state index < -0.39 is 14.9 Å². The average Bonchev–Trinajstić information content (AvgIpc) is 2.95. The third-order valence-corrected chi connectivity index (χ3v) is 6.93. The Labute approximate surface area is 119 Å². The van der Waals surface area contributed by atoms with Gasteiger partial charge in [-0.05, 0) is 12.2 Å². The fourth-order valence-corrected chi connectivity index (χ4v) is 5.54. The number of nitrogens with zero attached hydrogens (tertiary/aromatic N) is 1. The third-order valence-electron chi connectivity index (χ3n) is 2.63. The number of hydrogen-bond donors (Lipinski definition) is 2. The highest BCUT2D eigenvalue weighted by Gasteiger charge is 2.28. The number of nitro groups is 1. The Hall–Kier alpha value is -0.840. The minimum atomic E-state index is -3.68. The smallest absolute Gasteiger partial charge is 0.304 e. The van der Waals surface area contributed by atoms with Crippen LogP contribution in [0.25, 0.3) is 0 Å². The summed E-state index contributed by atoms with van der Waals surface area (Å²) in [5, 5.41) is 13.7. The van der Waals surface area contributed by atoms with Crippen LogP contribution in [0.2, 0.25) is 0 Å². The molecule has 1 fully saturated rings. The topological polar surface area (TPSA) is 101 Å². The first-order chi connectivity index (χ1) is 8.94. The molecule has 2 heterocycles. The van der Waals surface area contributed by atoms with Crippen molar-refractivity contribution in [3.63, 3.8) is 0 Å². The average molecular weight is 323 g/mol. The minimum absolute atomic E-state index is 0.0274. The monoisotopic (exact) mass is 323 g/mol. The second-order valence-electron chi connectivity index (χ2n) is 3.97. The second-order valence-corrected chi connectivity index (χ2v) is 8.11. The minimum Gasteiger partial charge on any atom is -0.374 e. The number of rotatable bonds is 5. The summed E-state index contributed by atoms with van der Waals surface area (Å²) in [5.74, 6) is 1.67. The van der Waals surface area contributed by atoms with E-state index in [0.717, 1.165) is 35.3 Å². The molecule has 1 saturated heterocycles. The van der Waals surface area contributed by atoms with Gasteiger partial charge in [0.15, 0.2) is 5.00 Å². The van der Waals surface area contributed by atoms with Crippen molar-refractivity contribution in [2.45, 2.75) is 16.7 Å². The lowest BCUT2D eigenvalue weighted by molar-refractivity contribution is -0.383. The molecule has 0 aliphatic carbocycles. The van der Waals surface area contributed by atoms with Gasteiger partial charge in [0.05, 0.1) is 4.92 Å². The quantitative estimate of drug-likeness (QED) is 0.629. The highest BCUT2D eigenvalue weighted by Crippen LogP contribution is 2.36. The summed E-state index contributed by atoms with van der Waals surface area (Å²) in [5.41, 5.74) is -0.214. The molecular weight excluding hydrogens is 310 g/mol. The molecule has 0 bridgehead atoms. The van der Waals surface area contributed by atoms with Crippen LogP contribution in [0.3, 0.4) is 0 Å². The van der Waals surface area contributed by atoms with E-state index in [2.05, 4.69) is 10.0 Å². The number of hydrogen-bond acceptors (Lipinski definition) is 7. The molecule has 2 N–H and O–H groups in total. The summed E-state index contributed by atoms with van der Waals surface area (Å²) in [6.45, 7) is 0. The molecule has 1 aromatic rings. The number of anilines is 1. The van der Waals surface area contributed by atoms with Gasteiger partial charge >= 0.3 is 5.69 Å². The lowest BCUT2D eigenvalue weighted by Crippen LogP contribution is -2.34. The van der Waals surface area contributed by atoms with Gasteiger partial charge in [-0.2, -0.15) is 11.8 Å². The van der Waals surface area contributed by atoms with Crippen LogP contribution < -0.4 is 10.0 Å². The molecule has 0 radical (unpaired) electrons. The molecule has 0 spiro atoms. The van der Waals surface area contributed by atoms with Gasteiger partial charge in [-0.1, -0.05) is 11.3 Å². The van der Waals surface area contributed by atoms with Gasteiger partial charge in [-0.15, -0.1) is 0 Å². The van der Waals surface area contributed by atoms with Crippen molar-refractivity contribution in [2.24, 2.45) is 0 Å². The lowest BCUT2D eigenvalue weighted by Gasteiger charge is -2.09. The highest BCUT2D eigenvalue weighted by molar-refractivity contribution is 7.99. The van der Waals surface area contributed by atoms with E-state index in [-0.39, 0.29) is 20.9 Å². The van der Waals surface area contributed by atoms with Gasteiger partial charge in [-0.3, -0.25) is 10.1 Å². The summed E-state index contributed by atoms with van der Waals surface area (Å²) in [4.78, 5) is 10.2. The number of thiophene rings is 1. The Morgan fingerprint density at radius 2 is 2.26 bits per heavy atom. The maximum absolute atomic E-state index is 12.1. The lowest BCUT2D eigenvalue weighted by atomic mass is 10.3. The second kappa shape index (κ2) is 5.65.